The predicted octanol–water partition coefficient (Wildman–Crippen LogP) is 5.42. The number of aromatic nitrogens is 6. The molecule has 0 radical (unpaired) electrons. The quantitative estimate of drug-likeness (QED) is 0.335. The molecule has 0 unspecified atom stereocenters. The van der Waals surface area contributed by atoms with Crippen molar-refractivity contribution in [3.05, 3.63) is 109 Å². The number of anilines is 2. The highest BCUT2D eigenvalue weighted by atomic mass is 16.1. The van der Waals surface area contributed by atoms with Crippen LogP contribution < -0.4 is 5.32 Å². The zero-order valence-corrected chi connectivity index (χ0v) is 19.5. The molecule has 0 bridgehead atoms. The molecule has 1 aliphatic heterocycles. The van der Waals surface area contributed by atoms with Crippen LogP contribution >= 0.6 is 0 Å². The van der Waals surface area contributed by atoms with Crippen LogP contribution in [0.5, 0.6) is 0 Å². The molecule has 176 valence electrons. The van der Waals surface area contributed by atoms with Gasteiger partial charge in [0, 0.05) is 23.7 Å². The third kappa shape index (κ3) is 3.63. The van der Waals surface area contributed by atoms with Crippen molar-refractivity contribution in [2.45, 2.75) is 6.42 Å². The lowest BCUT2D eigenvalue weighted by Gasteiger charge is -2.11. The van der Waals surface area contributed by atoms with E-state index < -0.39 is 0 Å². The van der Waals surface area contributed by atoms with E-state index in [1.165, 1.54) is 0 Å². The van der Waals surface area contributed by atoms with Gasteiger partial charge in [-0.25, -0.2) is 9.97 Å². The fraction of sp³-hybridized carbons (Fsp3) is 0.0345. The van der Waals surface area contributed by atoms with Crippen LogP contribution in [-0.2, 0) is 6.42 Å². The molecule has 4 heterocycles. The molecule has 0 atom stereocenters. The summed E-state index contributed by atoms with van der Waals surface area (Å²) in [6.45, 7) is 0. The van der Waals surface area contributed by atoms with E-state index in [1.54, 1.807) is 12.4 Å². The third-order valence-electron chi connectivity index (χ3n) is 6.42. The fourth-order valence-corrected chi connectivity index (χ4v) is 4.60. The number of hydrogen-bond donors (Lipinski definition) is 1. The number of pyridine rings is 1. The highest BCUT2D eigenvalue weighted by Gasteiger charge is 2.25. The van der Waals surface area contributed by atoms with Crippen molar-refractivity contribution >= 4 is 28.3 Å². The van der Waals surface area contributed by atoms with Crippen LogP contribution in [-0.4, -0.2) is 35.5 Å². The largest absolute Gasteiger partial charge is 0.338 e. The highest BCUT2D eigenvalue weighted by Crippen LogP contribution is 2.38. The summed E-state index contributed by atoms with van der Waals surface area (Å²) >= 11 is 0. The van der Waals surface area contributed by atoms with Crippen LogP contribution in [0.1, 0.15) is 16.1 Å². The zero-order chi connectivity index (χ0) is 24.8. The molecule has 3 aromatic heterocycles. The second-order valence-corrected chi connectivity index (χ2v) is 8.77. The molecular weight excluding hydrogens is 462 g/mol. The first kappa shape index (κ1) is 21.1. The molecule has 0 spiro atoms. The van der Waals surface area contributed by atoms with Gasteiger partial charge in [0.05, 0.1) is 28.6 Å². The van der Waals surface area contributed by atoms with Gasteiger partial charge in [-0.3, -0.25) is 14.3 Å². The minimum Gasteiger partial charge on any atom is -0.338 e. The molecular formula is C29H19N7O. The summed E-state index contributed by atoms with van der Waals surface area (Å²) in [6.07, 6.45) is 3.53. The standard InChI is InChI=1S/C29H19N7O/c37-26(24-17-31-22-8-3-4-9-23(22)32-24)16-18-11-13-19(14-12-18)28-34-35-29-20-6-1-2-7-21(20)33-27-25(36(28)29)10-5-15-30-27/h1-15,17H,16H2,(H,30,33). The van der Waals surface area contributed by atoms with Gasteiger partial charge in [-0.05, 0) is 42.0 Å². The average Bonchev–Trinajstić information content (AvgIpc) is 3.33. The van der Waals surface area contributed by atoms with Crippen LogP contribution in [0.15, 0.2) is 97.3 Å². The van der Waals surface area contributed by atoms with Crippen molar-refractivity contribution in [2.24, 2.45) is 0 Å². The Morgan fingerprint density at radius 2 is 1.57 bits per heavy atom. The van der Waals surface area contributed by atoms with Gasteiger partial charge >= 0.3 is 0 Å². The predicted molar refractivity (Wildman–Crippen MR) is 141 cm³/mol. The first-order chi connectivity index (χ1) is 18.2. The van der Waals surface area contributed by atoms with E-state index in [1.807, 2.05) is 89.5 Å². The molecule has 8 nitrogen and oxygen atoms in total. The Morgan fingerprint density at radius 3 is 2.46 bits per heavy atom. The van der Waals surface area contributed by atoms with Gasteiger partial charge < -0.3 is 5.32 Å². The maximum atomic E-state index is 12.9. The summed E-state index contributed by atoms with van der Waals surface area (Å²) in [5.41, 5.74) is 6.34. The molecule has 0 saturated heterocycles. The lowest BCUT2D eigenvalue weighted by molar-refractivity contribution is 0.0988. The number of Topliss-reactive ketones (excluding diaryl/α,β-unsaturated/α-hetero) is 1. The number of benzene rings is 3. The normalized spacial score (nSPS) is 11.7. The molecule has 0 amide bonds. The summed E-state index contributed by atoms with van der Waals surface area (Å²) in [5.74, 6) is 2.08. The van der Waals surface area contributed by atoms with E-state index in [4.69, 9.17) is 0 Å². The first-order valence-corrected chi connectivity index (χ1v) is 11.9. The summed E-state index contributed by atoms with van der Waals surface area (Å²) in [4.78, 5) is 26.3. The van der Waals surface area contributed by atoms with Crippen LogP contribution in [0, 0.1) is 0 Å². The second-order valence-electron chi connectivity index (χ2n) is 8.77. The first-order valence-electron chi connectivity index (χ1n) is 11.9. The monoisotopic (exact) mass is 481 g/mol. The Hall–Kier alpha value is -5.24. The van der Waals surface area contributed by atoms with Crippen LogP contribution in [0.4, 0.5) is 11.5 Å². The van der Waals surface area contributed by atoms with Crippen molar-refractivity contribution < 1.29 is 4.79 Å². The number of nitrogens with zero attached hydrogens (tertiary/aromatic N) is 6. The summed E-state index contributed by atoms with van der Waals surface area (Å²) in [6, 6.07) is 27.2. The molecule has 1 aliphatic rings. The third-order valence-corrected chi connectivity index (χ3v) is 6.42. The molecule has 3 aromatic carbocycles. The number of rotatable bonds is 4. The van der Waals surface area contributed by atoms with E-state index in [9.17, 15) is 4.79 Å². The lowest BCUT2D eigenvalue weighted by Crippen LogP contribution is -2.07. The number of carbonyl (C=O) groups excluding carboxylic acids is 1. The van der Waals surface area contributed by atoms with Gasteiger partial charge in [0.25, 0.3) is 0 Å². The molecule has 0 saturated carbocycles. The molecule has 8 heteroatoms. The van der Waals surface area contributed by atoms with E-state index in [0.29, 0.717) is 17.0 Å². The molecule has 1 N–H and O–H groups in total. The minimum atomic E-state index is -0.0787. The van der Waals surface area contributed by atoms with E-state index in [0.717, 1.165) is 45.2 Å². The van der Waals surface area contributed by atoms with Crippen LogP contribution in [0.3, 0.4) is 0 Å². The van der Waals surface area contributed by atoms with Gasteiger partial charge in [-0.1, -0.05) is 48.5 Å². The van der Waals surface area contributed by atoms with Crippen LogP contribution in [0.2, 0.25) is 0 Å². The van der Waals surface area contributed by atoms with Gasteiger partial charge in [0.1, 0.15) is 5.69 Å². The molecule has 0 fully saturated rings. The van der Waals surface area contributed by atoms with Crippen LogP contribution in [0.25, 0.3) is 39.5 Å². The fourth-order valence-electron chi connectivity index (χ4n) is 4.60. The molecule has 37 heavy (non-hydrogen) atoms. The summed E-state index contributed by atoms with van der Waals surface area (Å²) in [7, 11) is 0. The summed E-state index contributed by atoms with van der Waals surface area (Å²) in [5, 5.41) is 12.5. The molecule has 0 aliphatic carbocycles. The highest BCUT2D eigenvalue weighted by molar-refractivity contribution is 5.97. The zero-order valence-electron chi connectivity index (χ0n) is 19.5. The maximum absolute atomic E-state index is 12.9. The van der Waals surface area contributed by atoms with Crippen molar-refractivity contribution in [1.29, 1.82) is 0 Å². The van der Waals surface area contributed by atoms with E-state index in [2.05, 4.69) is 30.5 Å². The smallest absolute Gasteiger partial charge is 0.187 e. The Morgan fingerprint density at radius 1 is 0.784 bits per heavy atom. The number of fused-ring (bicyclic) bond motifs is 6. The number of hydrogen-bond acceptors (Lipinski definition) is 7. The van der Waals surface area contributed by atoms with E-state index >= 15 is 0 Å². The Kier molecular flexibility index (Phi) is 4.82. The Balaban J connectivity index is 1.23. The second kappa shape index (κ2) is 8.46. The molecule has 7 rings (SSSR count). The minimum absolute atomic E-state index is 0.0787. The van der Waals surface area contributed by atoms with Gasteiger partial charge in [0.15, 0.2) is 23.2 Å². The molecule has 6 aromatic rings. The van der Waals surface area contributed by atoms with Gasteiger partial charge in [-0.15, -0.1) is 10.2 Å². The number of carbonyl (C=O) groups is 1. The van der Waals surface area contributed by atoms with Crippen molar-refractivity contribution in [1.82, 2.24) is 29.7 Å². The van der Waals surface area contributed by atoms with E-state index in [-0.39, 0.29) is 12.2 Å². The Labute approximate surface area is 211 Å². The maximum Gasteiger partial charge on any atom is 0.187 e. The van der Waals surface area contributed by atoms with Gasteiger partial charge in [0.2, 0.25) is 0 Å². The topological polar surface area (TPSA) is 98.5 Å². The number of para-hydroxylation sites is 3. The number of ketones is 1. The number of nitrogens with one attached hydrogen (secondary N) is 1. The van der Waals surface area contributed by atoms with Crippen molar-refractivity contribution in [3.63, 3.8) is 0 Å². The average molecular weight is 482 g/mol. The summed E-state index contributed by atoms with van der Waals surface area (Å²) < 4.78 is 2.02. The lowest BCUT2D eigenvalue weighted by atomic mass is 10.0. The van der Waals surface area contributed by atoms with Gasteiger partial charge in [-0.2, -0.15) is 0 Å². The SMILES string of the molecule is O=C(Cc1ccc(-c2nnc3n2-c2cccnc2Nc2ccccc2-3)cc1)c1cnc2ccccc2n1. The van der Waals surface area contributed by atoms with Crippen molar-refractivity contribution in [2.75, 3.05) is 5.32 Å². The Bertz CT molecular complexity index is 1810. The van der Waals surface area contributed by atoms with Crippen molar-refractivity contribution in [3.8, 4) is 28.5 Å².